The predicted molar refractivity (Wildman–Crippen MR) is 80.9 cm³/mol. The minimum atomic E-state index is -0.148. The standard InChI is InChI=1S/C14H15Cl2N3O2/c1-18-11-5-6-19(7-10(11)17-14(18)21)13(20)8-3-2-4-9(15)12(8)16/h2-4,10-11H,5-7H2,1H3,(H,17,21)/t10-,11+/m1/s1. The molecule has 2 atom stereocenters. The Morgan fingerprint density at radius 3 is 2.90 bits per heavy atom. The molecule has 0 aromatic heterocycles. The average molecular weight is 328 g/mol. The monoisotopic (exact) mass is 327 g/mol. The van der Waals surface area contributed by atoms with Gasteiger partial charge in [0, 0.05) is 20.1 Å². The molecule has 2 saturated heterocycles. The third-order valence-electron chi connectivity index (χ3n) is 4.17. The number of urea groups is 1. The van der Waals surface area contributed by atoms with Crippen molar-refractivity contribution in [2.75, 3.05) is 20.1 Å². The van der Waals surface area contributed by atoms with Crippen LogP contribution in [-0.2, 0) is 0 Å². The van der Waals surface area contributed by atoms with Crippen molar-refractivity contribution in [2.24, 2.45) is 0 Å². The van der Waals surface area contributed by atoms with E-state index in [0.717, 1.165) is 6.42 Å². The van der Waals surface area contributed by atoms with Crippen molar-refractivity contribution in [1.29, 1.82) is 0 Å². The zero-order chi connectivity index (χ0) is 15.1. The van der Waals surface area contributed by atoms with Crippen molar-refractivity contribution in [2.45, 2.75) is 18.5 Å². The van der Waals surface area contributed by atoms with Crippen LogP contribution in [0.2, 0.25) is 10.0 Å². The van der Waals surface area contributed by atoms with Gasteiger partial charge in [-0.3, -0.25) is 4.79 Å². The minimum absolute atomic E-state index is 0.0295. The van der Waals surface area contributed by atoms with Crippen LogP contribution in [-0.4, -0.2) is 54.0 Å². The number of carbonyl (C=O) groups excluding carboxylic acids is 2. The lowest BCUT2D eigenvalue weighted by molar-refractivity contribution is 0.0666. The van der Waals surface area contributed by atoms with Gasteiger partial charge in [0.1, 0.15) is 0 Å². The number of benzene rings is 1. The van der Waals surface area contributed by atoms with Crippen molar-refractivity contribution >= 4 is 35.1 Å². The summed E-state index contributed by atoms with van der Waals surface area (Å²) in [4.78, 5) is 27.7. The van der Waals surface area contributed by atoms with E-state index in [4.69, 9.17) is 23.2 Å². The number of likely N-dealkylation sites (tertiary alicyclic amines) is 1. The van der Waals surface area contributed by atoms with Gasteiger partial charge in [0.2, 0.25) is 0 Å². The van der Waals surface area contributed by atoms with Crippen LogP contribution in [0.25, 0.3) is 0 Å². The van der Waals surface area contributed by atoms with Crippen LogP contribution >= 0.6 is 23.2 Å². The van der Waals surface area contributed by atoms with Crippen molar-refractivity contribution in [3.63, 3.8) is 0 Å². The summed E-state index contributed by atoms with van der Waals surface area (Å²) in [5, 5.41) is 3.55. The maximum absolute atomic E-state index is 12.6. The molecule has 1 aromatic rings. The molecule has 0 radical (unpaired) electrons. The number of likely N-dealkylation sites (N-methyl/N-ethyl adjacent to an activating group) is 1. The van der Waals surface area contributed by atoms with Crippen LogP contribution in [0, 0.1) is 0 Å². The van der Waals surface area contributed by atoms with E-state index in [2.05, 4.69) is 5.32 Å². The maximum atomic E-state index is 12.6. The minimum Gasteiger partial charge on any atom is -0.336 e. The quantitative estimate of drug-likeness (QED) is 0.860. The van der Waals surface area contributed by atoms with E-state index in [-0.39, 0.29) is 29.0 Å². The second kappa shape index (κ2) is 5.39. The number of hydrogen-bond donors (Lipinski definition) is 1. The average Bonchev–Trinajstić information content (AvgIpc) is 2.76. The van der Waals surface area contributed by atoms with Crippen molar-refractivity contribution in [3.05, 3.63) is 33.8 Å². The fourth-order valence-electron chi connectivity index (χ4n) is 2.98. The molecule has 0 unspecified atom stereocenters. The number of piperidine rings is 1. The second-order valence-electron chi connectivity index (χ2n) is 5.38. The molecule has 2 aliphatic rings. The highest BCUT2D eigenvalue weighted by Gasteiger charge is 2.41. The summed E-state index contributed by atoms with van der Waals surface area (Å²) < 4.78 is 0. The lowest BCUT2D eigenvalue weighted by atomic mass is 9.99. The number of nitrogens with one attached hydrogen (secondary N) is 1. The Hall–Kier alpha value is -1.46. The van der Waals surface area contributed by atoms with Crippen LogP contribution in [0.15, 0.2) is 18.2 Å². The summed E-state index contributed by atoms with van der Waals surface area (Å²) in [5.74, 6) is -0.148. The fraction of sp³-hybridized carbons (Fsp3) is 0.429. The summed E-state index contributed by atoms with van der Waals surface area (Å²) in [7, 11) is 1.78. The van der Waals surface area contributed by atoms with Gasteiger partial charge in [0.05, 0.1) is 27.7 Å². The molecule has 21 heavy (non-hydrogen) atoms. The topological polar surface area (TPSA) is 52.7 Å². The van der Waals surface area contributed by atoms with Crippen molar-refractivity contribution in [3.8, 4) is 0 Å². The van der Waals surface area contributed by atoms with Crippen LogP contribution < -0.4 is 5.32 Å². The van der Waals surface area contributed by atoms with E-state index in [0.29, 0.717) is 23.7 Å². The first kappa shape index (κ1) is 14.5. The van der Waals surface area contributed by atoms with Gasteiger partial charge < -0.3 is 15.1 Å². The highest BCUT2D eigenvalue weighted by atomic mass is 35.5. The van der Waals surface area contributed by atoms with Gasteiger partial charge in [-0.25, -0.2) is 4.79 Å². The molecular formula is C14H15Cl2N3O2. The lowest BCUT2D eigenvalue weighted by Gasteiger charge is -2.36. The van der Waals surface area contributed by atoms with E-state index in [1.807, 2.05) is 0 Å². The number of amides is 3. The van der Waals surface area contributed by atoms with E-state index in [1.165, 1.54) is 0 Å². The van der Waals surface area contributed by atoms with Crippen LogP contribution in [0.4, 0.5) is 4.79 Å². The number of halogens is 2. The Bertz CT molecular complexity index is 608. The Kier molecular flexibility index (Phi) is 3.71. The summed E-state index contributed by atoms with van der Waals surface area (Å²) >= 11 is 12.1. The first-order chi connectivity index (χ1) is 9.99. The van der Waals surface area contributed by atoms with Crippen molar-refractivity contribution < 1.29 is 9.59 Å². The molecule has 2 fully saturated rings. The number of carbonyl (C=O) groups is 2. The largest absolute Gasteiger partial charge is 0.336 e. The molecule has 3 rings (SSSR count). The third kappa shape index (κ3) is 2.45. The third-order valence-corrected chi connectivity index (χ3v) is 4.99. The van der Waals surface area contributed by atoms with Gasteiger partial charge in [-0.15, -0.1) is 0 Å². The molecule has 2 aliphatic heterocycles. The second-order valence-corrected chi connectivity index (χ2v) is 6.16. The molecule has 1 aromatic carbocycles. The lowest BCUT2D eigenvalue weighted by Crippen LogP contribution is -2.52. The van der Waals surface area contributed by atoms with E-state index >= 15 is 0 Å². The summed E-state index contributed by atoms with van der Waals surface area (Å²) in [6.45, 7) is 1.09. The molecular weight excluding hydrogens is 313 g/mol. The highest BCUT2D eigenvalue weighted by molar-refractivity contribution is 6.43. The Balaban J connectivity index is 1.78. The Morgan fingerprint density at radius 1 is 1.38 bits per heavy atom. The molecule has 0 bridgehead atoms. The molecule has 112 valence electrons. The van der Waals surface area contributed by atoms with Crippen LogP contribution in [0.1, 0.15) is 16.8 Å². The number of rotatable bonds is 1. The fourth-order valence-corrected chi connectivity index (χ4v) is 3.36. The predicted octanol–water partition coefficient (Wildman–Crippen LogP) is 2.23. The van der Waals surface area contributed by atoms with Gasteiger partial charge in [-0.1, -0.05) is 29.3 Å². The SMILES string of the molecule is CN1C(=O)N[C@@H]2CN(C(=O)c3cccc(Cl)c3Cl)CC[C@@H]21. The van der Waals surface area contributed by atoms with Gasteiger partial charge in [-0.2, -0.15) is 0 Å². The Labute approximate surface area is 132 Å². The summed E-state index contributed by atoms with van der Waals surface area (Å²) in [6.07, 6.45) is 0.754. The Morgan fingerprint density at radius 2 is 2.14 bits per heavy atom. The van der Waals surface area contributed by atoms with Gasteiger partial charge in [-0.05, 0) is 18.6 Å². The smallest absolute Gasteiger partial charge is 0.317 e. The molecule has 1 N–H and O–H groups in total. The maximum Gasteiger partial charge on any atom is 0.317 e. The molecule has 3 amide bonds. The van der Waals surface area contributed by atoms with Gasteiger partial charge in [0.25, 0.3) is 5.91 Å². The van der Waals surface area contributed by atoms with Crippen LogP contribution in [0.3, 0.4) is 0 Å². The first-order valence-electron chi connectivity index (χ1n) is 6.75. The number of nitrogens with zero attached hydrogens (tertiary/aromatic N) is 2. The van der Waals surface area contributed by atoms with E-state index in [9.17, 15) is 9.59 Å². The normalized spacial score (nSPS) is 24.8. The molecule has 5 nitrogen and oxygen atoms in total. The van der Waals surface area contributed by atoms with Gasteiger partial charge in [0.15, 0.2) is 0 Å². The summed E-state index contributed by atoms with van der Waals surface area (Å²) in [6, 6.07) is 5.06. The molecule has 0 spiro atoms. The van der Waals surface area contributed by atoms with E-state index < -0.39 is 0 Å². The highest BCUT2D eigenvalue weighted by Crippen LogP contribution is 2.28. The number of hydrogen-bond acceptors (Lipinski definition) is 2. The van der Waals surface area contributed by atoms with Crippen molar-refractivity contribution in [1.82, 2.24) is 15.1 Å². The summed E-state index contributed by atoms with van der Waals surface area (Å²) in [5.41, 5.74) is 0.403. The van der Waals surface area contributed by atoms with Gasteiger partial charge >= 0.3 is 6.03 Å². The zero-order valence-electron chi connectivity index (χ0n) is 11.5. The van der Waals surface area contributed by atoms with E-state index in [1.54, 1.807) is 35.0 Å². The molecule has 0 saturated carbocycles. The molecule has 0 aliphatic carbocycles. The number of fused-ring (bicyclic) bond motifs is 1. The zero-order valence-corrected chi connectivity index (χ0v) is 13.0. The molecule has 7 heteroatoms. The molecule has 2 heterocycles. The van der Waals surface area contributed by atoms with Crippen LogP contribution in [0.5, 0.6) is 0 Å². The first-order valence-corrected chi connectivity index (χ1v) is 7.51.